The lowest BCUT2D eigenvalue weighted by Gasteiger charge is -2.07. The van der Waals surface area contributed by atoms with E-state index in [2.05, 4.69) is 15.4 Å². The second kappa shape index (κ2) is 6.83. The third-order valence-electron chi connectivity index (χ3n) is 3.33. The minimum absolute atomic E-state index is 0.138. The normalized spacial score (nSPS) is 10.5. The molecule has 0 saturated carbocycles. The molecule has 116 valence electrons. The van der Waals surface area contributed by atoms with Crippen LogP contribution in [0.15, 0.2) is 61.2 Å². The molecule has 0 atom stereocenters. The van der Waals surface area contributed by atoms with E-state index in [1.54, 1.807) is 23.1 Å². The predicted octanol–water partition coefficient (Wildman–Crippen LogP) is 2.65. The number of amides is 1. The summed E-state index contributed by atoms with van der Waals surface area (Å²) >= 11 is 0. The number of hydrogen-bond acceptors (Lipinski definition) is 3. The lowest BCUT2D eigenvalue weighted by atomic mass is 10.1. The zero-order chi connectivity index (χ0) is 16.1. The monoisotopic (exact) mass is 310 g/mol. The Labute approximate surface area is 132 Å². The van der Waals surface area contributed by atoms with Gasteiger partial charge in [0.25, 0.3) is 0 Å². The number of nitrogens with zero attached hydrogens (tertiary/aromatic N) is 3. The molecule has 0 saturated heterocycles. The first-order valence-electron chi connectivity index (χ1n) is 7.15. The summed E-state index contributed by atoms with van der Waals surface area (Å²) in [6.45, 7) is 0.629. The Balaban J connectivity index is 1.57. The molecule has 0 fully saturated rings. The van der Waals surface area contributed by atoms with Gasteiger partial charge < -0.3 is 5.32 Å². The number of carbonyl (C=O) groups is 1. The molecule has 1 N–H and O–H groups in total. The number of halogens is 1. The van der Waals surface area contributed by atoms with E-state index in [0.717, 1.165) is 16.8 Å². The smallest absolute Gasteiger partial charge is 0.228 e. The van der Waals surface area contributed by atoms with E-state index in [1.165, 1.54) is 18.5 Å². The molecule has 1 amide bonds. The van der Waals surface area contributed by atoms with Crippen molar-refractivity contribution in [1.82, 2.24) is 14.8 Å². The van der Waals surface area contributed by atoms with Gasteiger partial charge in [-0.05, 0) is 35.4 Å². The second-order valence-corrected chi connectivity index (χ2v) is 5.14. The third-order valence-corrected chi connectivity index (χ3v) is 3.33. The topological polar surface area (TPSA) is 59.8 Å². The van der Waals surface area contributed by atoms with E-state index >= 15 is 0 Å². The van der Waals surface area contributed by atoms with Gasteiger partial charge >= 0.3 is 0 Å². The van der Waals surface area contributed by atoms with Crippen LogP contribution >= 0.6 is 0 Å². The summed E-state index contributed by atoms with van der Waals surface area (Å²) in [5.74, 6) is -0.447. The number of anilines is 1. The molecule has 3 rings (SSSR count). The first-order valence-corrected chi connectivity index (χ1v) is 7.15. The molecular formula is C17H15FN4O. The van der Waals surface area contributed by atoms with Gasteiger partial charge in [0, 0.05) is 5.69 Å². The van der Waals surface area contributed by atoms with Crippen molar-refractivity contribution in [2.75, 3.05) is 5.32 Å². The maximum Gasteiger partial charge on any atom is 0.228 e. The van der Waals surface area contributed by atoms with Crippen LogP contribution in [0, 0.1) is 5.82 Å². The Morgan fingerprint density at radius 2 is 1.74 bits per heavy atom. The van der Waals surface area contributed by atoms with Gasteiger partial charge in [-0.15, -0.1) is 0 Å². The molecule has 0 aliphatic heterocycles. The first-order chi connectivity index (χ1) is 11.2. The van der Waals surface area contributed by atoms with Crippen molar-refractivity contribution < 1.29 is 9.18 Å². The maximum absolute atomic E-state index is 12.8. The van der Waals surface area contributed by atoms with Crippen LogP contribution in [0.3, 0.4) is 0 Å². The van der Waals surface area contributed by atoms with Crippen LogP contribution in [-0.4, -0.2) is 20.7 Å². The van der Waals surface area contributed by atoms with Crippen LogP contribution in [0.2, 0.25) is 0 Å². The summed E-state index contributed by atoms with van der Waals surface area (Å²) in [4.78, 5) is 15.9. The van der Waals surface area contributed by atoms with Gasteiger partial charge in [0.1, 0.15) is 18.5 Å². The molecule has 0 spiro atoms. The van der Waals surface area contributed by atoms with Crippen molar-refractivity contribution in [3.63, 3.8) is 0 Å². The Morgan fingerprint density at radius 3 is 2.39 bits per heavy atom. The summed E-state index contributed by atoms with van der Waals surface area (Å²) in [7, 11) is 0. The molecule has 6 heteroatoms. The van der Waals surface area contributed by atoms with Crippen molar-refractivity contribution in [3.05, 3.63) is 78.1 Å². The molecule has 1 heterocycles. The van der Waals surface area contributed by atoms with Crippen molar-refractivity contribution in [2.45, 2.75) is 13.0 Å². The van der Waals surface area contributed by atoms with Gasteiger partial charge in [-0.25, -0.2) is 14.1 Å². The quantitative estimate of drug-likeness (QED) is 0.788. The van der Waals surface area contributed by atoms with Crippen LogP contribution in [0.1, 0.15) is 11.1 Å². The first kappa shape index (κ1) is 14.9. The van der Waals surface area contributed by atoms with Crippen LogP contribution in [0.4, 0.5) is 10.1 Å². The summed E-state index contributed by atoms with van der Waals surface area (Å²) < 4.78 is 14.6. The molecule has 1 aromatic heterocycles. The molecule has 0 aliphatic rings. The van der Waals surface area contributed by atoms with Crippen molar-refractivity contribution in [3.8, 4) is 0 Å². The van der Waals surface area contributed by atoms with E-state index in [0.29, 0.717) is 6.54 Å². The highest BCUT2D eigenvalue weighted by atomic mass is 19.1. The van der Waals surface area contributed by atoms with Crippen LogP contribution < -0.4 is 5.32 Å². The predicted molar refractivity (Wildman–Crippen MR) is 84.3 cm³/mol. The number of nitrogens with one attached hydrogen (secondary N) is 1. The van der Waals surface area contributed by atoms with Crippen molar-refractivity contribution in [1.29, 1.82) is 0 Å². The van der Waals surface area contributed by atoms with Crippen molar-refractivity contribution in [2.24, 2.45) is 0 Å². The number of aromatic nitrogens is 3. The second-order valence-electron chi connectivity index (χ2n) is 5.14. The van der Waals surface area contributed by atoms with Gasteiger partial charge in [-0.1, -0.05) is 24.3 Å². The van der Waals surface area contributed by atoms with E-state index in [-0.39, 0.29) is 18.1 Å². The zero-order valence-electron chi connectivity index (χ0n) is 12.3. The standard InChI is InChI=1S/C17H15FN4O/c18-15-5-1-13(2-6-15)9-17(23)21-16-7-3-14(4-8-16)10-22-12-19-11-20-22/h1-8,11-12H,9-10H2,(H,21,23). The average Bonchev–Trinajstić information content (AvgIpc) is 3.04. The Hall–Kier alpha value is -3.02. The maximum atomic E-state index is 12.8. The fourth-order valence-electron chi connectivity index (χ4n) is 2.19. The fraction of sp³-hybridized carbons (Fsp3) is 0.118. The summed E-state index contributed by atoms with van der Waals surface area (Å²) in [5.41, 5.74) is 2.55. The van der Waals surface area contributed by atoms with Crippen LogP contribution in [-0.2, 0) is 17.8 Å². The van der Waals surface area contributed by atoms with E-state index in [1.807, 2.05) is 24.3 Å². The lowest BCUT2D eigenvalue weighted by Crippen LogP contribution is -2.14. The van der Waals surface area contributed by atoms with Crippen LogP contribution in [0.25, 0.3) is 0 Å². The molecule has 23 heavy (non-hydrogen) atoms. The highest BCUT2D eigenvalue weighted by molar-refractivity contribution is 5.92. The van der Waals surface area contributed by atoms with Crippen molar-refractivity contribution >= 4 is 11.6 Å². The van der Waals surface area contributed by atoms with E-state index < -0.39 is 0 Å². The number of benzene rings is 2. The SMILES string of the molecule is O=C(Cc1ccc(F)cc1)Nc1ccc(Cn2cncn2)cc1. The third kappa shape index (κ3) is 4.23. The highest BCUT2D eigenvalue weighted by Crippen LogP contribution is 2.11. The molecule has 3 aromatic rings. The minimum atomic E-state index is -0.308. The molecule has 2 aromatic carbocycles. The minimum Gasteiger partial charge on any atom is -0.326 e. The van der Waals surface area contributed by atoms with Gasteiger partial charge in [0.2, 0.25) is 5.91 Å². The molecule has 5 nitrogen and oxygen atoms in total. The molecule has 0 unspecified atom stereocenters. The molecular weight excluding hydrogens is 295 g/mol. The summed E-state index contributed by atoms with van der Waals surface area (Å²) in [5, 5.41) is 6.87. The Bertz CT molecular complexity index is 767. The van der Waals surface area contributed by atoms with E-state index in [9.17, 15) is 9.18 Å². The molecule has 0 bridgehead atoms. The Morgan fingerprint density at radius 1 is 1.04 bits per heavy atom. The van der Waals surface area contributed by atoms with Gasteiger partial charge in [-0.3, -0.25) is 4.79 Å². The van der Waals surface area contributed by atoms with Gasteiger partial charge in [-0.2, -0.15) is 5.10 Å². The summed E-state index contributed by atoms with van der Waals surface area (Å²) in [6, 6.07) is 13.4. The molecule has 0 radical (unpaired) electrons. The fourth-order valence-corrected chi connectivity index (χ4v) is 2.19. The van der Waals surface area contributed by atoms with Crippen LogP contribution in [0.5, 0.6) is 0 Å². The van der Waals surface area contributed by atoms with Gasteiger partial charge in [0.05, 0.1) is 13.0 Å². The molecule has 0 aliphatic carbocycles. The summed E-state index contributed by atoms with van der Waals surface area (Å²) in [6.07, 6.45) is 3.35. The average molecular weight is 310 g/mol. The number of carbonyl (C=O) groups excluding carboxylic acids is 1. The number of hydrogen-bond donors (Lipinski definition) is 1. The lowest BCUT2D eigenvalue weighted by molar-refractivity contribution is -0.115. The van der Waals surface area contributed by atoms with E-state index in [4.69, 9.17) is 0 Å². The number of rotatable bonds is 5. The highest BCUT2D eigenvalue weighted by Gasteiger charge is 2.05. The Kier molecular flexibility index (Phi) is 4.42. The van der Waals surface area contributed by atoms with Gasteiger partial charge in [0.15, 0.2) is 0 Å². The zero-order valence-corrected chi connectivity index (χ0v) is 12.3. The largest absolute Gasteiger partial charge is 0.326 e.